The van der Waals surface area contributed by atoms with Gasteiger partial charge in [-0.15, -0.1) is 0 Å². The minimum Gasteiger partial charge on any atom is -0.490 e. The number of ketones is 1. The van der Waals surface area contributed by atoms with Crippen molar-refractivity contribution in [3.05, 3.63) is 58.2 Å². The predicted molar refractivity (Wildman–Crippen MR) is 114 cm³/mol. The van der Waals surface area contributed by atoms with Gasteiger partial charge in [-0.1, -0.05) is 38.1 Å². The topological polar surface area (TPSA) is 94.6 Å². The number of carbonyl (C=O) groups excluding carboxylic acids is 1. The Balaban J connectivity index is 2.20. The van der Waals surface area contributed by atoms with E-state index in [-0.39, 0.29) is 29.3 Å². The lowest BCUT2D eigenvalue weighted by Crippen LogP contribution is -2.33. The molecule has 158 valence electrons. The molecule has 0 aromatic heterocycles. The van der Waals surface area contributed by atoms with Gasteiger partial charge in [0.1, 0.15) is 24.0 Å². The van der Waals surface area contributed by atoms with Crippen LogP contribution in [0.2, 0.25) is 5.02 Å². The van der Waals surface area contributed by atoms with E-state index in [2.05, 4.69) is 12.6 Å². The van der Waals surface area contributed by atoms with E-state index in [1.807, 2.05) is 20.8 Å². The summed E-state index contributed by atoms with van der Waals surface area (Å²) in [6.45, 7) is 10.2. The first-order valence-corrected chi connectivity index (χ1v) is 10.1. The molecule has 1 atom stereocenters. The molecule has 0 fully saturated rings. The lowest BCUT2D eigenvalue weighted by atomic mass is 9.70. The van der Waals surface area contributed by atoms with Gasteiger partial charge in [0.25, 0.3) is 0 Å². The number of nitriles is 1. The Hall–Kier alpha value is -2.91. The van der Waals surface area contributed by atoms with Gasteiger partial charge < -0.3 is 19.9 Å². The highest BCUT2D eigenvalue weighted by Crippen LogP contribution is 2.50. The van der Waals surface area contributed by atoms with E-state index in [1.165, 1.54) is 0 Å². The van der Waals surface area contributed by atoms with Crippen LogP contribution in [0.3, 0.4) is 0 Å². The molecule has 0 saturated heterocycles. The average Bonchev–Trinajstić information content (AvgIpc) is 2.66. The smallest absolute Gasteiger partial charge is 0.205 e. The van der Waals surface area contributed by atoms with E-state index < -0.39 is 5.92 Å². The fourth-order valence-corrected chi connectivity index (χ4v) is 4.16. The maximum Gasteiger partial charge on any atom is 0.205 e. The average molecular weight is 429 g/mol. The van der Waals surface area contributed by atoms with Crippen LogP contribution < -0.4 is 15.2 Å². The van der Waals surface area contributed by atoms with Crippen LogP contribution in [0.15, 0.2) is 47.6 Å². The molecule has 6 nitrogen and oxygen atoms in total. The Morgan fingerprint density at radius 1 is 1.37 bits per heavy atom. The van der Waals surface area contributed by atoms with E-state index in [0.717, 1.165) is 0 Å². The predicted octanol–water partition coefficient (Wildman–Crippen LogP) is 4.75. The first kappa shape index (κ1) is 21.8. The zero-order valence-corrected chi connectivity index (χ0v) is 18.1. The van der Waals surface area contributed by atoms with Crippen molar-refractivity contribution in [2.75, 3.05) is 13.2 Å². The molecule has 2 N–H and O–H groups in total. The minimum atomic E-state index is -0.720. The summed E-state index contributed by atoms with van der Waals surface area (Å²) in [6, 6.07) is 5.44. The zero-order chi connectivity index (χ0) is 22.1. The molecular formula is C23H25ClN2O4. The molecule has 30 heavy (non-hydrogen) atoms. The van der Waals surface area contributed by atoms with Crippen LogP contribution in [0, 0.1) is 16.7 Å². The van der Waals surface area contributed by atoms with Crippen LogP contribution in [-0.4, -0.2) is 19.0 Å². The highest BCUT2D eigenvalue weighted by molar-refractivity contribution is 6.31. The van der Waals surface area contributed by atoms with Crippen molar-refractivity contribution in [2.24, 2.45) is 11.1 Å². The van der Waals surface area contributed by atoms with Crippen LogP contribution in [0.4, 0.5) is 0 Å². The summed E-state index contributed by atoms with van der Waals surface area (Å²) in [7, 11) is 0. The summed E-state index contributed by atoms with van der Waals surface area (Å²) in [5, 5.41) is 10.1. The molecule has 1 heterocycles. The maximum atomic E-state index is 13.1. The Kier molecular flexibility index (Phi) is 6.14. The molecule has 0 saturated carbocycles. The SMILES string of the molecule is C=CCOc1cc(Cl)c(C2C(C#N)=C(N)OC3=C2C(=O)CC(C)(C)C3)cc1OCC. The van der Waals surface area contributed by atoms with Gasteiger partial charge in [-0.05, 0) is 24.0 Å². The van der Waals surface area contributed by atoms with E-state index in [9.17, 15) is 10.1 Å². The first-order chi connectivity index (χ1) is 14.2. The lowest BCUT2D eigenvalue weighted by molar-refractivity contribution is -0.119. The van der Waals surface area contributed by atoms with Crippen molar-refractivity contribution in [1.82, 2.24) is 0 Å². The molecule has 0 bridgehead atoms. The number of ether oxygens (including phenoxy) is 3. The number of hydrogen-bond donors (Lipinski definition) is 1. The van der Waals surface area contributed by atoms with Gasteiger partial charge in [-0.3, -0.25) is 4.79 Å². The van der Waals surface area contributed by atoms with Gasteiger partial charge in [0.05, 0.1) is 12.5 Å². The van der Waals surface area contributed by atoms with Crippen LogP contribution >= 0.6 is 11.6 Å². The van der Waals surface area contributed by atoms with E-state index in [0.29, 0.717) is 52.9 Å². The highest BCUT2D eigenvalue weighted by Gasteiger charge is 2.43. The number of carbonyl (C=O) groups is 1. The second kappa shape index (κ2) is 8.45. The van der Waals surface area contributed by atoms with Crippen molar-refractivity contribution in [3.8, 4) is 17.6 Å². The number of nitrogens with zero attached hydrogens (tertiary/aromatic N) is 1. The molecule has 1 unspecified atom stereocenters. The standard InChI is InChI=1S/C23H25ClN2O4/c1-5-7-29-18-9-15(24)13(8-17(18)28-6-2)20-14(12-25)22(26)30-19-11-23(3,4)10-16(27)21(19)20/h5,8-9,20H,1,6-7,10-11,26H2,2-4H3. The highest BCUT2D eigenvalue weighted by atomic mass is 35.5. The number of benzene rings is 1. The fraction of sp³-hybridized carbons (Fsp3) is 0.391. The maximum absolute atomic E-state index is 13.1. The Morgan fingerprint density at radius 3 is 2.70 bits per heavy atom. The van der Waals surface area contributed by atoms with Gasteiger partial charge in [0, 0.05) is 29.5 Å². The van der Waals surface area contributed by atoms with Gasteiger partial charge in [0.2, 0.25) is 5.88 Å². The van der Waals surface area contributed by atoms with Crippen LogP contribution in [0.5, 0.6) is 11.5 Å². The number of Topliss-reactive ketones (excluding diaryl/α,β-unsaturated/α-hetero) is 1. The minimum absolute atomic E-state index is 0.00670. The Morgan fingerprint density at radius 2 is 2.07 bits per heavy atom. The summed E-state index contributed by atoms with van der Waals surface area (Å²) < 4.78 is 17.1. The first-order valence-electron chi connectivity index (χ1n) is 9.76. The Bertz CT molecular complexity index is 1000. The summed E-state index contributed by atoms with van der Waals surface area (Å²) in [5.74, 6) is 0.617. The van der Waals surface area contributed by atoms with E-state index >= 15 is 0 Å². The summed E-state index contributed by atoms with van der Waals surface area (Å²) in [5.41, 5.74) is 6.97. The third-order valence-electron chi connectivity index (χ3n) is 5.11. The molecular weight excluding hydrogens is 404 g/mol. The molecule has 3 rings (SSSR count). The molecule has 0 spiro atoms. The van der Waals surface area contributed by atoms with Gasteiger partial charge in [-0.2, -0.15) is 5.26 Å². The summed E-state index contributed by atoms with van der Waals surface area (Å²) in [4.78, 5) is 13.1. The van der Waals surface area contributed by atoms with Crippen molar-refractivity contribution in [1.29, 1.82) is 5.26 Å². The normalized spacial score (nSPS) is 20.2. The lowest BCUT2D eigenvalue weighted by Gasteiger charge is -2.37. The number of allylic oxidation sites excluding steroid dienone is 3. The Labute approximate surface area is 181 Å². The van der Waals surface area contributed by atoms with Crippen LogP contribution in [0.1, 0.15) is 45.1 Å². The monoisotopic (exact) mass is 428 g/mol. The van der Waals surface area contributed by atoms with Crippen LogP contribution in [0.25, 0.3) is 0 Å². The fourth-order valence-electron chi connectivity index (χ4n) is 3.90. The summed E-state index contributed by atoms with van der Waals surface area (Å²) >= 11 is 6.61. The third kappa shape index (κ3) is 4.03. The molecule has 1 aromatic carbocycles. The largest absolute Gasteiger partial charge is 0.490 e. The quantitative estimate of drug-likeness (QED) is 0.656. The number of hydrogen-bond acceptors (Lipinski definition) is 6. The molecule has 0 radical (unpaired) electrons. The number of nitrogens with two attached hydrogens (primary N) is 1. The van der Waals surface area contributed by atoms with Crippen LogP contribution in [-0.2, 0) is 9.53 Å². The molecule has 0 amide bonds. The van der Waals surface area contributed by atoms with Gasteiger partial charge >= 0.3 is 0 Å². The molecule has 1 aliphatic carbocycles. The van der Waals surface area contributed by atoms with E-state index in [1.54, 1.807) is 18.2 Å². The number of halogens is 1. The summed E-state index contributed by atoms with van der Waals surface area (Å²) in [6.07, 6.45) is 2.51. The molecule has 2 aliphatic rings. The zero-order valence-electron chi connectivity index (χ0n) is 17.4. The molecule has 1 aromatic rings. The van der Waals surface area contributed by atoms with E-state index in [4.69, 9.17) is 31.5 Å². The molecule has 1 aliphatic heterocycles. The van der Waals surface area contributed by atoms with Crippen molar-refractivity contribution < 1.29 is 19.0 Å². The van der Waals surface area contributed by atoms with Crippen molar-refractivity contribution in [3.63, 3.8) is 0 Å². The molecule has 7 heteroatoms. The second-order valence-electron chi connectivity index (χ2n) is 8.06. The van der Waals surface area contributed by atoms with Gasteiger partial charge in [-0.25, -0.2) is 0 Å². The van der Waals surface area contributed by atoms with Crippen molar-refractivity contribution >= 4 is 17.4 Å². The number of rotatable bonds is 6. The van der Waals surface area contributed by atoms with Crippen molar-refractivity contribution in [2.45, 2.75) is 39.5 Å². The second-order valence-corrected chi connectivity index (χ2v) is 8.46. The third-order valence-corrected chi connectivity index (χ3v) is 5.43. The van der Waals surface area contributed by atoms with Gasteiger partial charge in [0.15, 0.2) is 17.3 Å².